The van der Waals surface area contributed by atoms with Gasteiger partial charge in [0, 0.05) is 18.7 Å². The number of nitrogens with one attached hydrogen (secondary N) is 1. The smallest absolute Gasteiger partial charge is 0.192 e. The molecule has 0 amide bonds. The third kappa shape index (κ3) is 2.28. The summed E-state index contributed by atoms with van der Waals surface area (Å²) in [6, 6.07) is 4.39. The zero-order valence-electron chi connectivity index (χ0n) is 9.13. The topological polar surface area (TPSA) is 38.3 Å². The van der Waals surface area contributed by atoms with Crippen molar-refractivity contribution in [2.45, 2.75) is 13.0 Å². The van der Waals surface area contributed by atoms with Gasteiger partial charge in [-0.05, 0) is 30.7 Å². The number of ether oxygens (including phenoxy) is 1. The predicted octanol–water partition coefficient (Wildman–Crippen LogP) is 1.31. The highest BCUT2D eigenvalue weighted by Gasteiger charge is 2.23. The maximum atomic E-state index is 13.0. The van der Waals surface area contributed by atoms with E-state index in [1.54, 1.807) is 13.0 Å². The Kier molecular flexibility index (Phi) is 3.31. The summed E-state index contributed by atoms with van der Waals surface area (Å²) in [6.45, 7) is 3.48. The minimum atomic E-state index is -0.446. The minimum absolute atomic E-state index is 0.0877. The summed E-state index contributed by atoms with van der Waals surface area (Å²) in [5.74, 6) is -0.380. The van der Waals surface area contributed by atoms with Crippen molar-refractivity contribution in [1.29, 1.82) is 0 Å². The number of hydrogen-bond acceptors (Lipinski definition) is 3. The van der Waals surface area contributed by atoms with Gasteiger partial charge in [-0.2, -0.15) is 0 Å². The fourth-order valence-electron chi connectivity index (χ4n) is 1.72. The molecular weight excluding hydrogens is 209 g/mol. The number of morpholine rings is 1. The number of Topliss-reactive ketones (excluding diaryl/α,β-unsaturated/α-hetero) is 1. The van der Waals surface area contributed by atoms with E-state index in [0.29, 0.717) is 24.3 Å². The van der Waals surface area contributed by atoms with Crippen molar-refractivity contribution < 1.29 is 13.9 Å². The molecule has 86 valence electrons. The number of ketones is 1. The Balaban J connectivity index is 2.16. The van der Waals surface area contributed by atoms with Gasteiger partial charge in [0.1, 0.15) is 11.9 Å². The summed E-state index contributed by atoms with van der Waals surface area (Å²) in [5.41, 5.74) is 0.988. The minimum Gasteiger partial charge on any atom is -0.367 e. The van der Waals surface area contributed by atoms with Gasteiger partial charge >= 0.3 is 0 Å². The molecule has 3 nitrogen and oxygen atoms in total. The Labute approximate surface area is 93.6 Å². The summed E-state index contributed by atoms with van der Waals surface area (Å²) in [5, 5.41) is 3.09. The molecule has 4 heteroatoms. The third-order valence-corrected chi connectivity index (χ3v) is 2.66. The zero-order chi connectivity index (χ0) is 11.5. The first-order valence-corrected chi connectivity index (χ1v) is 5.31. The van der Waals surface area contributed by atoms with Crippen LogP contribution in [0.1, 0.15) is 15.9 Å². The van der Waals surface area contributed by atoms with E-state index < -0.39 is 6.10 Å². The lowest BCUT2D eigenvalue weighted by Crippen LogP contribution is -2.43. The average Bonchev–Trinajstić information content (AvgIpc) is 2.33. The van der Waals surface area contributed by atoms with Crippen LogP contribution in [0.5, 0.6) is 0 Å². The quantitative estimate of drug-likeness (QED) is 0.768. The third-order valence-electron chi connectivity index (χ3n) is 2.66. The second-order valence-corrected chi connectivity index (χ2v) is 3.89. The Hall–Kier alpha value is -1.26. The van der Waals surface area contributed by atoms with Gasteiger partial charge < -0.3 is 10.1 Å². The van der Waals surface area contributed by atoms with Crippen molar-refractivity contribution in [3.8, 4) is 0 Å². The lowest BCUT2D eigenvalue weighted by molar-refractivity contribution is 0.0269. The Bertz CT molecular complexity index is 400. The van der Waals surface area contributed by atoms with Gasteiger partial charge in [0.15, 0.2) is 5.78 Å². The van der Waals surface area contributed by atoms with E-state index >= 15 is 0 Å². The number of carbonyl (C=O) groups excluding carboxylic acids is 1. The normalized spacial score (nSPS) is 20.8. The lowest BCUT2D eigenvalue weighted by Gasteiger charge is -2.22. The van der Waals surface area contributed by atoms with Crippen LogP contribution in [0.3, 0.4) is 0 Å². The fraction of sp³-hybridized carbons (Fsp3) is 0.417. The van der Waals surface area contributed by atoms with Crippen molar-refractivity contribution in [2.75, 3.05) is 19.7 Å². The van der Waals surface area contributed by atoms with E-state index in [-0.39, 0.29) is 11.6 Å². The molecule has 1 aliphatic heterocycles. The van der Waals surface area contributed by atoms with Crippen LogP contribution in [0.2, 0.25) is 0 Å². The molecule has 0 aliphatic carbocycles. The molecule has 1 N–H and O–H groups in total. The van der Waals surface area contributed by atoms with Crippen molar-refractivity contribution >= 4 is 5.78 Å². The maximum Gasteiger partial charge on any atom is 0.192 e. The molecule has 1 heterocycles. The number of aryl methyl sites for hydroxylation is 1. The largest absolute Gasteiger partial charge is 0.367 e. The summed E-state index contributed by atoms with van der Waals surface area (Å²) >= 11 is 0. The number of halogens is 1. The highest BCUT2D eigenvalue weighted by molar-refractivity contribution is 5.99. The zero-order valence-corrected chi connectivity index (χ0v) is 9.13. The van der Waals surface area contributed by atoms with Crippen LogP contribution in [-0.4, -0.2) is 31.6 Å². The molecule has 16 heavy (non-hydrogen) atoms. The second-order valence-electron chi connectivity index (χ2n) is 3.89. The second kappa shape index (κ2) is 4.72. The summed E-state index contributed by atoms with van der Waals surface area (Å²) < 4.78 is 18.4. The molecule has 0 saturated carbocycles. The summed E-state index contributed by atoms with van der Waals surface area (Å²) in [7, 11) is 0. The first kappa shape index (κ1) is 11.2. The number of rotatable bonds is 2. The van der Waals surface area contributed by atoms with E-state index in [1.165, 1.54) is 12.1 Å². The number of hydrogen-bond donors (Lipinski definition) is 1. The van der Waals surface area contributed by atoms with Crippen LogP contribution in [0.25, 0.3) is 0 Å². The molecule has 1 aliphatic rings. The molecule has 0 bridgehead atoms. The van der Waals surface area contributed by atoms with Gasteiger partial charge in [0.2, 0.25) is 0 Å². The highest BCUT2D eigenvalue weighted by Crippen LogP contribution is 2.13. The van der Waals surface area contributed by atoms with Crippen molar-refractivity contribution in [3.63, 3.8) is 0 Å². The SMILES string of the molecule is Cc1cc(C(=O)C2CNCCO2)ccc1F. The van der Waals surface area contributed by atoms with E-state index in [1.807, 2.05) is 0 Å². The molecule has 2 rings (SSSR count). The molecule has 1 aromatic carbocycles. The van der Waals surface area contributed by atoms with Gasteiger partial charge in [0.05, 0.1) is 6.61 Å². The van der Waals surface area contributed by atoms with Crippen LogP contribution >= 0.6 is 0 Å². The Morgan fingerprint density at radius 2 is 2.38 bits per heavy atom. The molecule has 0 spiro atoms. The highest BCUT2D eigenvalue weighted by atomic mass is 19.1. The van der Waals surface area contributed by atoms with Crippen LogP contribution in [0.4, 0.5) is 4.39 Å². The van der Waals surface area contributed by atoms with E-state index in [2.05, 4.69) is 5.32 Å². The standard InChI is InChI=1S/C12H14FNO2/c1-8-6-9(2-3-10(8)13)12(15)11-7-14-4-5-16-11/h2-3,6,11,14H,4-5,7H2,1H3. The van der Waals surface area contributed by atoms with Crippen molar-refractivity contribution in [2.24, 2.45) is 0 Å². The Morgan fingerprint density at radius 3 is 3.00 bits per heavy atom. The average molecular weight is 223 g/mol. The molecule has 0 aromatic heterocycles. The predicted molar refractivity (Wildman–Crippen MR) is 58.1 cm³/mol. The molecule has 1 atom stereocenters. The van der Waals surface area contributed by atoms with Crippen LogP contribution in [0, 0.1) is 12.7 Å². The maximum absolute atomic E-state index is 13.0. The fourth-order valence-corrected chi connectivity index (χ4v) is 1.72. The van der Waals surface area contributed by atoms with Gasteiger partial charge in [-0.1, -0.05) is 0 Å². The number of carbonyl (C=O) groups is 1. The van der Waals surface area contributed by atoms with Gasteiger partial charge in [-0.15, -0.1) is 0 Å². The molecule has 1 saturated heterocycles. The Morgan fingerprint density at radius 1 is 1.56 bits per heavy atom. The first-order chi connectivity index (χ1) is 7.68. The first-order valence-electron chi connectivity index (χ1n) is 5.31. The molecule has 1 fully saturated rings. The molecule has 1 aromatic rings. The van der Waals surface area contributed by atoms with Gasteiger partial charge in [0.25, 0.3) is 0 Å². The molecule has 1 unspecified atom stereocenters. The van der Waals surface area contributed by atoms with Crippen LogP contribution in [0.15, 0.2) is 18.2 Å². The molecular formula is C12H14FNO2. The van der Waals surface area contributed by atoms with E-state index in [9.17, 15) is 9.18 Å². The van der Waals surface area contributed by atoms with Gasteiger partial charge in [-0.3, -0.25) is 4.79 Å². The van der Waals surface area contributed by atoms with E-state index in [0.717, 1.165) is 6.54 Å². The van der Waals surface area contributed by atoms with E-state index in [4.69, 9.17) is 4.74 Å². The van der Waals surface area contributed by atoms with Crippen LogP contribution < -0.4 is 5.32 Å². The summed E-state index contributed by atoms with van der Waals surface area (Å²) in [6.07, 6.45) is -0.446. The van der Waals surface area contributed by atoms with Crippen molar-refractivity contribution in [3.05, 3.63) is 35.1 Å². The number of benzene rings is 1. The van der Waals surface area contributed by atoms with Crippen LogP contribution in [-0.2, 0) is 4.74 Å². The summed E-state index contributed by atoms with van der Waals surface area (Å²) in [4.78, 5) is 12.0. The lowest BCUT2D eigenvalue weighted by atomic mass is 10.0. The van der Waals surface area contributed by atoms with Gasteiger partial charge in [-0.25, -0.2) is 4.39 Å². The monoisotopic (exact) mass is 223 g/mol. The molecule has 0 radical (unpaired) electrons. The van der Waals surface area contributed by atoms with Crippen molar-refractivity contribution in [1.82, 2.24) is 5.32 Å².